The largest absolute Gasteiger partial charge is 0.496 e. The molecule has 2 atom stereocenters. The highest BCUT2D eigenvalue weighted by atomic mass is 16.5. The maximum absolute atomic E-state index is 13.3. The van der Waals surface area contributed by atoms with Crippen LogP contribution in [0, 0.1) is 13.8 Å². The summed E-state index contributed by atoms with van der Waals surface area (Å²) >= 11 is 0. The topological polar surface area (TPSA) is 83.1 Å². The Morgan fingerprint density at radius 1 is 1.17 bits per heavy atom. The number of aromatic amines is 1. The first-order valence-electron chi connectivity index (χ1n) is 12.5. The summed E-state index contributed by atoms with van der Waals surface area (Å²) in [6, 6.07) is 16.4. The van der Waals surface area contributed by atoms with E-state index in [1.807, 2.05) is 49.4 Å². The Bertz CT molecular complexity index is 1400. The maximum Gasteiger partial charge on any atom is 0.251 e. The zero-order valence-electron chi connectivity index (χ0n) is 21.3. The van der Waals surface area contributed by atoms with E-state index in [0.717, 1.165) is 59.5 Å². The second kappa shape index (κ2) is 10.1. The lowest BCUT2D eigenvalue weighted by molar-refractivity contribution is 0.0850. The number of hydrogen-bond donors (Lipinski definition) is 2. The van der Waals surface area contributed by atoms with Gasteiger partial charge in [-0.25, -0.2) is 0 Å². The number of nitrogens with one attached hydrogen (secondary N) is 2. The number of ether oxygens (including phenoxy) is 1. The average Bonchev–Trinajstić information content (AvgIpc) is 3.30. The smallest absolute Gasteiger partial charge is 0.251 e. The van der Waals surface area contributed by atoms with E-state index in [9.17, 15) is 4.79 Å². The van der Waals surface area contributed by atoms with E-state index in [2.05, 4.69) is 45.3 Å². The highest BCUT2D eigenvalue weighted by molar-refractivity contribution is 6.01. The monoisotopic (exact) mass is 483 g/mol. The summed E-state index contributed by atoms with van der Waals surface area (Å²) in [5.41, 5.74) is 6.72. The number of pyridine rings is 1. The van der Waals surface area contributed by atoms with Gasteiger partial charge in [-0.2, -0.15) is 5.10 Å². The number of hydrogen-bond acceptors (Lipinski definition) is 5. The quantitative estimate of drug-likeness (QED) is 0.402. The maximum atomic E-state index is 13.3. The van der Waals surface area contributed by atoms with Crippen molar-refractivity contribution in [2.45, 2.75) is 52.2 Å². The van der Waals surface area contributed by atoms with Gasteiger partial charge in [0.25, 0.3) is 5.91 Å². The van der Waals surface area contributed by atoms with Crippen molar-refractivity contribution >= 4 is 16.8 Å². The summed E-state index contributed by atoms with van der Waals surface area (Å²) in [4.78, 5) is 20.0. The number of fused-ring (bicyclic) bond motifs is 1. The van der Waals surface area contributed by atoms with Crippen LogP contribution in [0.5, 0.6) is 5.75 Å². The molecule has 0 radical (unpaired) electrons. The van der Waals surface area contributed by atoms with Gasteiger partial charge >= 0.3 is 0 Å². The van der Waals surface area contributed by atoms with Crippen molar-refractivity contribution in [1.29, 1.82) is 0 Å². The van der Waals surface area contributed by atoms with Crippen molar-refractivity contribution in [2.24, 2.45) is 0 Å². The summed E-state index contributed by atoms with van der Waals surface area (Å²) in [6.07, 6.45) is 3.78. The molecule has 2 aromatic heterocycles. The molecule has 3 heterocycles. The lowest BCUT2D eigenvalue weighted by Crippen LogP contribution is -2.50. The van der Waals surface area contributed by atoms with Gasteiger partial charge in [0.05, 0.1) is 12.6 Å². The molecule has 4 aromatic rings. The van der Waals surface area contributed by atoms with Crippen molar-refractivity contribution < 1.29 is 9.53 Å². The fourth-order valence-corrected chi connectivity index (χ4v) is 5.13. The van der Waals surface area contributed by atoms with Gasteiger partial charge in [0.1, 0.15) is 11.4 Å². The predicted octanol–water partition coefficient (Wildman–Crippen LogP) is 5.03. The molecule has 7 heteroatoms. The van der Waals surface area contributed by atoms with Crippen molar-refractivity contribution in [1.82, 2.24) is 25.4 Å². The molecule has 1 fully saturated rings. The van der Waals surface area contributed by atoms with Crippen molar-refractivity contribution in [3.05, 3.63) is 77.1 Å². The molecule has 0 saturated carbocycles. The molecular formula is C29H33N5O2. The van der Waals surface area contributed by atoms with Crippen LogP contribution in [0.2, 0.25) is 0 Å². The average molecular weight is 484 g/mol. The summed E-state index contributed by atoms with van der Waals surface area (Å²) in [7, 11) is 1.72. The number of benzene rings is 2. The second-order valence-electron chi connectivity index (χ2n) is 9.80. The van der Waals surface area contributed by atoms with Crippen LogP contribution in [0.25, 0.3) is 22.2 Å². The Hall–Kier alpha value is -3.71. The van der Waals surface area contributed by atoms with Gasteiger partial charge < -0.3 is 10.1 Å². The molecule has 0 bridgehead atoms. The predicted molar refractivity (Wildman–Crippen MR) is 142 cm³/mol. The third kappa shape index (κ3) is 4.84. The number of carbonyl (C=O) groups is 1. The minimum atomic E-state index is -0.0528. The Balaban J connectivity index is 1.32. The number of carbonyl (C=O) groups excluding carboxylic acids is 1. The van der Waals surface area contributed by atoms with Crippen LogP contribution in [-0.2, 0) is 6.54 Å². The molecule has 1 aliphatic heterocycles. The molecule has 36 heavy (non-hydrogen) atoms. The van der Waals surface area contributed by atoms with E-state index >= 15 is 0 Å². The van der Waals surface area contributed by atoms with Gasteiger partial charge in [-0.05, 0) is 75.6 Å². The summed E-state index contributed by atoms with van der Waals surface area (Å²) in [5.74, 6) is 0.866. The van der Waals surface area contributed by atoms with E-state index in [1.165, 1.54) is 11.1 Å². The fraction of sp³-hybridized carbons (Fsp3) is 0.345. The molecule has 1 saturated heterocycles. The first kappa shape index (κ1) is 24.0. The molecule has 2 N–H and O–H groups in total. The minimum Gasteiger partial charge on any atom is -0.496 e. The number of amides is 1. The normalized spacial score (nSPS) is 18.3. The SMILES string of the molecule is COc1cccc(C)c1CN1CC(NC(=O)c2ccc3[nH]nc(-c4ccnc(C)c4)c3c2)CCC1C. The van der Waals surface area contributed by atoms with Crippen molar-refractivity contribution in [3.8, 4) is 17.0 Å². The van der Waals surface area contributed by atoms with Crippen molar-refractivity contribution in [3.63, 3.8) is 0 Å². The Morgan fingerprint density at radius 2 is 2.03 bits per heavy atom. The van der Waals surface area contributed by atoms with Crippen LogP contribution in [0.3, 0.4) is 0 Å². The van der Waals surface area contributed by atoms with E-state index < -0.39 is 0 Å². The number of methoxy groups -OCH3 is 1. The lowest BCUT2D eigenvalue weighted by Gasteiger charge is -2.38. The number of rotatable bonds is 6. The van der Waals surface area contributed by atoms with E-state index in [4.69, 9.17) is 4.74 Å². The zero-order valence-corrected chi connectivity index (χ0v) is 21.3. The minimum absolute atomic E-state index is 0.0528. The fourth-order valence-electron chi connectivity index (χ4n) is 5.13. The third-order valence-corrected chi connectivity index (χ3v) is 7.29. The molecule has 186 valence electrons. The van der Waals surface area contributed by atoms with Gasteiger partial charge in [-0.15, -0.1) is 0 Å². The van der Waals surface area contributed by atoms with Gasteiger partial charge in [-0.1, -0.05) is 12.1 Å². The standard InChI is InChI=1S/C29H33N5O2/c1-18-6-5-7-27(36-4)25(18)17-34-16-23(10-8-20(34)3)31-29(35)22-9-11-26-24(15-22)28(33-32-26)21-12-13-30-19(2)14-21/h5-7,9,11-15,20,23H,8,10,16-17H2,1-4H3,(H,31,35)(H,32,33). The molecule has 0 spiro atoms. The number of likely N-dealkylation sites (tertiary alicyclic amines) is 1. The number of piperidine rings is 1. The van der Waals surface area contributed by atoms with Crippen LogP contribution in [0.4, 0.5) is 0 Å². The van der Waals surface area contributed by atoms with E-state index in [-0.39, 0.29) is 11.9 Å². The zero-order chi connectivity index (χ0) is 25.2. The first-order valence-corrected chi connectivity index (χ1v) is 12.5. The third-order valence-electron chi connectivity index (χ3n) is 7.29. The lowest BCUT2D eigenvalue weighted by atomic mass is 9.97. The number of H-pyrrole nitrogens is 1. The molecule has 5 rings (SSSR count). The van der Waals surface area contributed by atoms with Gasteiger partial charge in [0, 0.05) is 59.1 Å². The number of aromatic nitrogens is 3. The van der Waals surface area contributed by atoms with Crippen LogP contribution in [0.15, 0.2) is 54.7 Å². The molecule has 0 aliphatic carbocycles. The first-order chi connectivity index (χ1) is 17.4. The summed E-state index contributed by atoms with van der Waals surface area (Å²) in [6.45, 7) is 7.96. The van der Waals surface area contributed by atoms with Crippen LogP contribution < -0.4 is 10.1 Å². The van der Waals surface area contributed by atoms with Gasteiger partial charge in [0.15, 0.2) is 0 Å². The number of nitrogens with zero attached hydrogens (tertiary/aromatic N) is 3. The highest BCUT2D eigenvalue weighted by Gasteiger charge is 2.28. The summed E-state index contributed by atoms with van der Waals surface area (Å²) < 4.78 is 5.62. The van der Waals surface area contributed by atoms with Gasteiger partial charge in [0.2, 0.25) is 0 Å². The molecule has 7 nitrogen and oxygen atoms in total. The molecule has 2 aromatic carbocycles. The molecular weight excluding hydrogens is 450 g/mol. The van der Waals surface area contributed by atoms with E-state index in [1.54, 1.807) is 13.3 Å². The van der Waals surface area contributed by atoms with Crippen LogP contribution >= 0.6 is 0 Å². The molecule has 2 unspecified atom stereocenters. The molecule has 1 amide bonds. The Labute approximate surface area is 211 Å². The van der Waals surface area contributed by atoms with E-state index in [0.29, 0.717) is 11.6 Å². The van der Waals surface area contributed by atoms with Gasteiger partial charge in [-0.3, -0.25) is 19.8 Å². The van der Waals surface area contributed by atoms with Crippen molar-refractivity contribution in [2.75, 3.05) is 13.7 Å². The second-order valence-corrected chi connectivity index (χ2v) is 9.80. The van der Waals surface area contributed by atoms with Crippen LogP contribution in [0.1, 0.15) is 46.9 Å². The van der Waals surface area contributed by atoms with Crippen LogP contribution in [-0.4, -0.2) is 51.7 Å². The Morgan fingerprint density at radius 3 is 2.83 bits per heavy atom. The highest BCUT2D eigenvalue weighted by Crippen LogP contribution is 2.29. The Kier molecular flexibility index (Phi) is 6.74. The number of aryl methyl sites for hydroxylation is 2. The summed E-state index contributed by atoms with van der Waals surface area (Å²) in [5, 5.41) is 11.8. The molecule has 1 aliphatic rings.